The number of benzene rings is 3. The molecule has 33 heavy (non-hydrogen) atoms. The van der Waals surface area contributed by atoms with Gasteiger partial charge in [0, 0.05) is 24.9 Å². The van der Waals surface area contributed by atoms with Crippen LogP contribution in [0.5, 0.6) is 11.5 Å². The Hall–Kier alpha value is -3.85. The molecule has 2 amide bonds. The van der Waals surface area contributed by atoms with Gasteiger partial charge in [0.25, 0.3) is 5.91 Å². The summed E-state index contributed by atoms with van der Waals surface area (Å²) < 4.78 is 48.9. The Labute approximate surface area is 188 Å². The summed E-state index contributed by atoms with van der Waals surface area (Å²) >= 11 is 0. The van der Waals surface area contributed by atoms with E-state index in [2.05, 4.69) is 10.6 Å². The molecule has 0 saturated heterocycles. The van der Waals surface area contributed by atoms with Crippen LogP contribution in [-0.2, 0) is 22.3 Å². The fraction of sp³-hybridized carbons (Fsp3) is 0.167. The Bertz CT molecular complexity index is 1130. The number of amides is 2. The van der Waals surface area contributed by atoms with Gasteiger partial charge >= 0.3 is 6.18 Å². The van der Waals surface area contributed by atoms with E-state index in [9.17, 15) is 22.8 Å². The highest BCUT2D eigenvalue weighted by Gasteiger charge is 2.30. The molecule has 0 radical (unpaired) electrons. The lowest BCUT2D eigenvalue weighted by Gasteiger charge is -2.11. The van der Waals surface area contributed by atoms with E-state index < -0.39 is 17.6 Å². The van der Waals surface area contributed by atoms with Crippen molar-refractivity contribution in [1.29, 1.82) is 0 Å². The number of halogens is 3. The molecule has 0 fully saturated rings. The molecule has 0 spiro atoms. The number of hydrogen-bond donors (Lipinski definition) is 2. The number of carbonyl (C=O) groups excluding carboxylic acids is 2. The zero-order chi connectivity index (χ0) is 23.8. The molecule has 0 aromatic heterocycles. The highest BCUT2D eigenvalue weighted by Crippen LogP contribution is 2.32. The zero-order valence-corrected chi connectivity index (χ0v) is 17.6. The van der Waals surface area contributed by atoms with Crippen molar-refractivity contribution in [3.63, 3.8) is 0 Å². The summed E-state index contributed by atoms with van der Waals surface area (Å²) in [6, 6.07) is 17.6. The highest BCUT2D eigenvalue weighted by atomic mass is 19.4. The van der Waals surface area contributed by atoms with Crippen molar-refractivity contribution >= 4 is 17.5 Å². The third-order valence-corrected chi connectivity index (χ3v) is 4.43. The smallest absolute Gasteiger partial charge is 0.416 e. The van der Waals surface area contributed by atoms with E-state index in [1.165, 1.54) is 25.3 Å². The van der Waals surface area contributed by atoms with Gasteiger partial charge in [0.1, 0.15) is 18.1 Å². The van der Waals surface area contributed by atoms with E-state index in [0.29, 0.717) is 5.69 Å². The largest absolute Gasteiger partial charge is 0.457 e. The normalized spacial score (nSPS) is 11.0. The predicted molar refractivity (Wildman–Crippen MR) is 116 cm³/mol. The van der Waals surface area contributed by atoms with E-state index in [0.717, 1.165) is 17.7 Å². The van der Waals surface area contributed by atoms with Crippen LogP contribution in [0.4, 0.5) is 18.9 Å². The van der Waals surface area contributed by atoms with Gasteiger partial charge < -0.3 is 20.1 Å². The predicted octanol–water partition coefficient (Wildman–Crippen LogP) is 5.01. The van der Waals surface area contributed by atoms with Crippen molar-refractivity contribution in [2.45, 2.75) is 12.7 Å². The van der Waals surface area contributed by atoms with E-state index >= 15 is 0 Å². The number of anilines is 1. The Morgan fingerprint density at radius 3 is 2.33 bits per heavy atom. The molecule has 0 aliphatic carbocycles. The first-order chi connectivity index (χ1) is 15.7. The molecule has 2 N–H and O–H groups in total. The molecule has 3 aromatic carbocycles. The van der Waals surface area contributed by atoms with E-state index in [1.54, 1.807) is 42.5 Å². The van der Waals surface area contributed by atoms with Gasteiger partial charge in [-0.2, -0.15) is 13.2 Å². The van der Waals surface area contributed by atoms with E-state index in [1.807, 2.05) is 0 Å². The number of hydrogen-bond acceptors (Lipinski definition) is 4. The van der Waals surface area contributed by atoms with Gasteiger partial charge in [-0.15, -0.1) is 0 Å². The third-order valence-electron chi connectivity index (χ3n) is 4.43. The fourth-order valence-electron chi connectivity index (χ4n) is 2.94. The van der Waals surface area contributed by atoms with E-state index in [4.69, 9.17) is 9.47 Å². The van der Waals surface area contributed by atoms with Crippen molar-refractivity contribution in [2.24, 2.45) is 0 Å². The van der Waals surface area contributed by atoms with Crippen molar-refractivity contribution < 1.29 is 32.2 Å². The summed E-state index contributed by atoms with van der Waals surface area (Å²) in [6.07, 6.45) is -4.48. The van der Waals surface area contributed by atoms with Gasteiger partial charge in [-0.25, -0.2) is 0 Å². The quantitative estimate of drug-likeness (QED) is 0.498. The standard InChI is InChI=1S/C24H21F3N2O4/c1-32-15-22(30)29-19-8-2-5-16(11-19)14-28-23(31)17-6-3-9-20(12-17)33-21-10-4-7-18(13-21)24(25,26)27/h2-13H,14-15H2,1H3,(H,28,31)(H,29,30). The summed E-state index contributed by atoms with van der Waals surface area (Å²) in [6.45, 7) is 0.130. The van der Waals surface area contributed by atoms with Crippen molar-refractivity contribution in [2.75, 3.05) is 19.0 Å². The maximum absolute atomic E-state index is 12.9. The minimum absolute atomic E-state index is 0.00900. The number of rotatable bonds is 8. The minimum Gasteiger partial charge on any atom is -0.457 e. The topological polar surface area (TPSA) is 76.7 Å². The molecule has 0 unspecified atom stereocenters. The van der Waals surface area contributed by atoms with Gasteiger partial charge in [-0.3, -0.25) is 9.59 Å². The van der Waals surface area contributed by atoms with Crippen LogP contribution in [0.3, 0.4) is 0 Å². The van der Waals surface area contributed by atoms with Crippen molar-refractivity contribution in [3.8, 4) is 11.5 Å². The van der Waals surface area contributed by atoms with E-state index in [-0.39, 0.29) is 36.1 Å². The second-order valence-electron chi connectivity index (χ2n) is 7.02. The third kappa shape index (κ3) is 7.08. The second-order valence-corrected chi connectivity index (χ2v) is 7.02. The lowest BCUT2D eigenvalue weighted by molar-refractivity contribution is -0.137. The monoisotopic (exact) mass is 458 g/mol. The first kappa shape index (κ1) is 23.8. The molecule has 0 bridgehead atoms. The van der Waals surface area contributed by atoms with Gasteiger partial charge in [0.2, 0.25) is 5.91 Å². The van der Waals surface area contributed by atoms with Crippen LogP contribution in [0.2, 0.25) is 0 Å². The lowest BCUT2D eigenvalue weighted by atomic mass is 10.1. The SMILES string of the molecule is COCC(=O)Nc1cccc(CNC(=O)c2cccc(Oc3cccc(C(F)(F)F)c3)c2)c1. The van der Waals surface area contributed by atoms with Crippen LogP contribution in [0.25, 0.3) is 0 Å². The molecule has 0 heterocycles. The summed E-state index contributed by atoms with van der Waals surface area (Å²) in [5.74, 6) is -0.450. The van der Waals surface area contributed by atoms with Gasteiger partial charge in [-0.1, -0.05) is 24.3 Å². The maximum atomic E-state index is 12.9. The molecule has 172 valence electrons. The van der Waals surface area contributed by atoms with Crippen LogP contribution in [-0.4, -0.2) is 25.5 Å². The molecular weight excluding hydrogens is 437 g/mol. The minimum atomic E-state index is -4.48. The fourth-order valence-corrected chi connectivity index (χ4v) is 2.94. The molecule has 3 aromatic rings. The summed E-state index contributed by atoms with van der Waals surface area (Å²) in [7, 11) is 1.42. The lowest BCUT2D eigenvalue weighted by Crippen LogP contribution is -2.23. The average Bonchev–Trinajstić information content (AvgIpc) is 2.78. The molecule has 0 atom stereocenters. The van der Waals surface area contributed by atoms with Crippen LogP contribution in [0.1, 0.15) is 21.5 Å². The summed E-state index contributed by atoms with van der Waals surface area (Å²) in [5, 5.41) is 5.44. The van der Waals surface area contributed by atoms with Crippen molar-refractivity contribution in [1.82, 2.24) is 5.32 Å². The van der Waals surface area contributed by atoms with Crippen LogP contribution in [0.15, 0.2) is 72.8 Å². The Morgan fingerprint density at radius 1 is 0.909 bits per heavy atom. The summed E-state index contributed by atoms with van der Waals surface area (Å²) in [4.78, 5) is 24.2. The molecule has 0 aliphatic rings. The maximum Gasteiger partial charge on any atom is 0.416 e. The average molecular weight is 458 g/mol. The number of alkyl halides is 3. The van der Waals surface area contributed by atoms with Crippen LogP contribution >= 0.6 is 0 Å². The van der Waals surface area contributed by atoms with Gasteiger partial charge in [-0.05, 0) is 54.1 Å². The molecule has 0 aliphatic heterocycles. The number of carbonyl (C=O) groups is 2. The number of nitrogens with one attached hydrogen (secondary N) is 2. The van der Waals surface area contributed by atoms with Crippen LogP contribution in [0, 0.1) is 0 Å². The molecular formula is C24H21F3N2O4. The first-order valence-electron chi connectivity index (χ1n) is 9.86. The molecule has 0 saturated carbocycles. The molecule has 9 heteroatoms. The molecule has 6 nitrogen and oxygen atoms in total. The highest BCUT2D eigenvalue weighted by molar-refractivity contribution is 5.94. The first-order valence-corrected chi connectivity index (χ1v) is 9.86. The van der Waals surface area contributed by atoms with Gasteiger partial charge in [0.05, 0.1) is 5.56 Å². The Balaban J connectivity index is 1.63. The molecule has 3 rings (SSSR count). The Morgan fingerprint density at radius 2 is 1.61 bits per heavy atom. The zero-order valence-electron chi connectivity index (χ0n) is 17.6. The Kier molecular flexibility index (Phi) is 7.68. The van der Waals surface area contributed by atoms with Gasteiger partial charge in [0.15, 0.2) is 0 Å². The number of methoxy groups -OCH3 is 1. The summed E-state index contributed by atoms with van der Waals surface area (Å²) in [5.41, 5.74) is 0.786. The van der Waals surface area contributed by atoms with Crippen LogP contribution < -0.4 is 15.4 Å². The number of ether oxygens (including phenoxy) is 2. The second kappa shape index (κ2) is 10.6. The van der Waals surface area contributed by atoms with Crippen molar-refractivity contribution in [3.05, 3.63) is 89.5 Å².